The Morgan fingerprint density at radius 1 is 0.970 bits per heavy atom. The Hall–Kier alpha value is -3.47. The molecule has 0 saturated carbocycles. The first kappa shape index (κ1) is 27.6. The molecule has 1 rings (SSSR count). The fourth-order valence-electron chi connectivity index (χ4n) is 2.90. The summed E-state index contributed by atoms with van der Waals surface area (Å²) in [6.07, 6.45) is 0.101. The quantitative estimate of drug-likeness (QED) is 0.215. The highest BCUT2D eigenvalue weighted by molar-refractivity contribution is 5.92. The van der Waals surface area contributed by atoms with Gasteiger partial charge in [-0.15, -0.1) is 0 Å². The van der Waals surface area contributed by atoms with Crippen molar-refractivity contribution in [2.24, 2.45) is 11.7 Å². The molecule has 1 aromatic carbocycles. The third kappa shape index (κ3) is 10.1. The van der Waals surface area contributed by atoms with Crippen LogP contribution in [0, 0.1) is 5.92 Å². The van der Waals surface area contributed by atoms with E-state index in [9.17, 15) is 29.1 Å². The SMILES string of the molecule is CCC(C)C(N)C(=O)NC(CCC(=O)O)C(=O)NCC(=O)NC(Cc1ccccc1)C(=O)O. The molecule has 4 unspecified atom stereocenters. The Balaban J connectivity index is 2.71. The molecule has 182 valence electrons. The first-order chi connectivity index (χ1) is 15.5. The second-order valence-corrected chi connectivity index (χ2v) is 7.77. The lowest BCUT2D eigenvalue weighted by Crippen LogP contribution is -2.54. The van der Waals surface area contributed by atoms with E-state index in [2.05, 4.69) is 16.0 Å². The second kappa shape index (κ2) is 13.8. The maximum atomic E-state index is 12.5. The molecule has 0 bridgehead atoms. The molecule has 3 amide bonds. The topological polar surface area (TPSA) is 188 Å². The molecule has 0 aromatic heterocycles. The average Bonchev–Trinajstić information content (AvgIpc) is 2.78. The number of aliphatic carboxylic acids is 2. The number of nitrogens with one attached hydrogen (secondary N) is 3. The number of hydrogen-bond donors (Lipinski definition) is 6. The maximum Gasteiger partial charge on any atom is 0.326 e. The number of nitrogens with two attached hydrogens (primary N) is 1. The van der Waals surface area contributed by atoms with Gasteiger partial charge in [0.05, 0.1) is 12.6 Å². The van der Waals surface area contributed by atoms with Crippen LogP contribution in [0.3, 0.4) is 0 Å². The van der Waals surface area contributed by atoms with E-state index in [0.29, 0.717) is 12.0 Å². The van der Waals surface area contributed by atoms with Crippen molar-refractivity contribution in [1.82, 2.24) is 16.0 Å². The van der Waals surface area contributed by atoms with Crippen molar-refractivity contribution < 1.29 is 34.2 Å². The van der Waals surface area contributed by atoms with Crippen molar-refractivity contribution in [3.8, 4) is 0 Å². The highest BCUT2D eigenvalue weighted by Crippen LogP contribution is 2.07. The van der Waals surface area contributed by atoms with Gasteiger partial charge in [-0.05, 0) is 17.9 Å². The summed E-state index contributed by atoms with van der Waals surface area (Å²) in [5.74, 6) is -4.66. The fraction of sp³-hybridized carbons (Fsp3) is 0.500. The van der Waals surface area contributed by atoms with Crippen LogP contribution in [0.2, 0.25) is 0 Å². The number of rotatable bonds is 14. The van der Waals surface area contributed by atoms with Gasteiger partial charge in [0.1, 0.15) is 12.1 Å². The largest absolute Gasteiger partial charge is 0.481 e. The van der Waals surface area contributed by atoms with Crippen LogP contribution < -0.4 is 21.7 Å². The summed E-state index contributed by atoms with van der Waals surface area (Å²) >= 11 is 0. The molecule has 11 nitrogen and oxygen atoms in total. The fourth-order valence-corrected chi connectivity index (χ4v) is 2.90. The van der Waals surface area contributed by atoms with Crippen LogP contribution in [0.25, 0.3) is 0 Å². The van der Waals surface area contributed by atoms with Gasteiger partial charge in [-0.1, -0.05) is 50.6 Å². The molecule has 0 saturated heterocycles. The molecule has 0 aliphatic heterocycles. The highest BCUT2D eigenvalue weighted by Gasteiger charge is 2.27. The van der Waals surface area contributed by atoms with E-state index in [1.807, 2.05) is 6.92 Å². The number of carboxylic acid groups (broad SMARTS) is 2. The molecule has 0 aliphatic carbocycles. The number of amides is 3. The Morgan fingerprint density at radius 2 is 1.61 bits per heavy atom. The number of carbonyl (C=O) groups is 5. The number of benzene rings is 1. The van der Waals surface area contributed by atoms with Crippen LogP contribution in [-0.2, 0) is 30.4 Å². The predicted molar refractivity (Wildman–Crippen MR) is 119 cm³/mol. The highest BCUT2D eigenvalue weighted by atomic mass is 16.4. The van der Waals surface area contributed by atoms with Crippen LogP contribution in [-0.4, -0.2) is 64.5 Å². The molecular formula is C22H32N4O7. The van der Waals surface area contributed by atoms with E-state index >= 15 is 0 Å². The van der Waals surface area contributed by atoms with Crippen LogP contribution >= 0.6 is 0 Å². The summed E-state index contributed by atoms with van der Waals surface area (Å²) in [7, 11) is 0. The van der Waals surface area contributed by atoms with E-state index < -0.39 is 54.3 Å². The van der Waals surface area contributed by atoms with Gasteiger partial charge in [-0.3, -0.25) is 19.2 Å². The lowest BCUT2D eigenvalue weighted by molar-refractivity contribution is -0.141. The molecule has 0 heterocycles. The van der Waals surface area contributed by atoms with Gasteiger partial charge in [0.15, 0.2) is 0 Å². The van der Waals surface area contributed by atoms with Crippen molar-refractivity contribution in [3.63, 3.8) is 0 Å². The lowest BCUT2D eigenvalue weighted by Gasteiger charge is -2.23. The molecule has 0 spiro atoms. The molecule has 1 aromatic rings. The van der Waals surface area contributed by atoms with Gasteiger partial charge >= 0.3 is 11.9 Å². The first-order valence-electron chi connectivity index (χ1n) is 10.7. The summed E-state index contributed by atoms with van der Waals surface area (Å²) in [5.41, 5.74) is 6.58. The Morgan fingerprint density at radius 3 is 2.15 bits per heavy atom. The van der Waals surface area contributed by atoms with Gasteiger partial charge in [0, 0.05) is 12.8 Å². The molecule has 0 radical (unpaired) electrons. The molecule has 33 heavy (non-hydrogen) atoms. The van der Waals surface area contributed by atoms with E-state index in [1.54, 1.807) is 37.3 Å². The van der Waals surface area contributed by atoms with E-state index in [4.69, 9.17) is 10.8 Å². The smallest absolute Gasteiger partial charge is 0.326 e. The Kier molecular flexibility index (Phi) is 11.6. The van der Waals surface area contributed by atoms with Crippen LogP contribution in [0.5, 0.6) is 0 Å². The van der Waals surface area contributed by atoms with E-state index in [0.717, 1.165) is 0 Å². The monoisotopic (exact) mass is 464 g/mol. The minimum atomic E-state index is -1.23. The zero-order valence-corrected chi connectivity index (χ0v) is 18.7. The van der Waals surface area contributed by atoms with Gasteiger partial charge in [0.25, 0.3) is 0 Å². The molecule has 11 heteroatoms. The first-order valence-corrected chi connectivity index (χ1v) is 10.7. The molecular weight excluding hydrogens is 432 g/mol. The predicted octanol–water partition coefficient (Wildman–Crippen LogP) is -0.362. The summed E-state index contributed by atoms with van der Waals surface area (Å²) < 4.78 is 0. The minimum absolute atomic E-state index is 0.0562. The maximum absolute atomic E-state index is 12.5. The zero-order valence-electron chi connectivity index (χ0n) is 18.7. The van der Waals surface area contributed by atoms with Gasteiger partial charge in [-0.2, -0.15) is 0 Å². The van der Waals surface area contributed by atoms with Crippen LogP contribution in [0.4, 0.5) is 0 Å². The third-order valence-electron chi connectivity index (χ3n) is 5.18. The Bertz CT molecular complexity index is 831. The van der Waals surface area contributed by atoms with Crippen LogP contribution in [0.1, 0.15) is 38.7 Å². The molecule has 0 fully saturated rings. The van der Waals surface area contributed by atoms with Gasteiger partial charge in [0.2, 0.25) is 17.7 Å². The second-order valence-electron chi connectivity index (χ2n) is 7.77. The average molecular weight is 465 g/mol. The summed E-state index contributed by atoms with van der Waals surface area (Å²) in [5, 5.41) is 25.4. The molecule has 7 N–H and O–H groups in total. The summed E-state index contributed by atoms with van der Waals surface area (Å²) in [6.45, 7) is 3.08. The van der Waals surface area contributed by atoms with Crippen molar-refractivity contribution >= 4 is 29.7 Å². The van der Waals surface area contributed by atoms with Crippen molar-refractivity contribution in [2.75, 3.05) is 6.54 Å². The standard InChI is InChI=1S/C22H32N4O7/c1-3-13(2)19(23)21(31)26-15(9-10-18(28)29)20(30)24-12-17(27)25-16(22(32)33)11-14-7-5-4-6-8-14/h4-8,13,15-16,19H,3,9-12,23H2,1-2H3,(H,24,30)(H,25,27)(H,26,31)(H,28,29)(H,32,33). The number of hydrogen-bond acceptors (Lipinski definition) is 6. The minimum Gasteiger partial charge on any atom is -0.481 e. The van der Waals surface area contributed by atoms with Crippen molar-refractivity contribution in [1.29, 1.82) is 0 Å². The van der Waals surface area contributed by atoms with Crippen LogP contribution in [0.15, 0.2) is 30.3 Å². The number of carbonyl (C=O) groups excluding carboxylic acids is 3. The zero-order chi connectivity index (χ0) is 25.0. The van der Waals surface area contributed by atoms with E-state index in [-0.39, 0.29) is 25.2 Å². The van der Waals surface area contributed by atoms with Gasteiger partial charge in [-0.25, -0.2) is 4.79 Å². The lowest BCUT2D eigenvalue weighted by atomic mass is 9.98. The third-order valence-corrected chi connectivity index (χ3v) is 5.18. The van der Waals surface area contributed by atoms with Crippen molar-refractivity contribution in [2.45, 2.75) is 57.7 Å². The van der Waals surface area contributed by atoms with Gasteiger partial charge < -0.3 is 31.9 Å². The summed E-state index contributed by atoms with van der Waals surface area (Å²) in [6, 6.07) is 5.43. The van der Waals surface area contributed by atoms with E-state index in [1.165, 1.54) is 0 Å². The van der Waals surface area contributed by atoms with Crippen molar-refractivity contribution in [3.05, 3.63) is 35.9 Å². The normalized spacial score (nSPS) is 14.3. The molecule has 4 atom stereocenters. The summed E-state index contributed by atoms with van der Waals surface area (Å²) in [4.78, 5) is 59.4. The Labute approximate surface area is 192 Å². The number of carboxylic acids is 2. The molecule has 0 aliphatic rings.